The van der Waals surface area contributed by atoms with Crippen molar-refractivity contribution < 1.29 is 14.3 Å². The maximum atomic E-state index is 12.8. The maximum absolute atomic E-state index is 12.8. The van der Waals surface area contributed by atoms with Gasteiger partial charge >= 0.3 is 5.97 Å². The molecule has 8 heteroatoms. The van der Waals surface area contributed by atoms with Crippen LogP contribution in [0.2, 0.25) is 0 Å². The van der Waals surface area contributed by atoms with Gasteiger partial charge in [0.05, 0.1) is 17.7 Å². The van der Waals surface area contributed by atoms with Crippen molar-refractivity contribution in [2.24, 2.45) is 5.92 Å². The summed E-state index contributed by atoms with van der Waals surface area (Å²) in [6.07, 6.45) is 9.75. The van der Waals surface area contributed by atoms with E-state index in [9.17, 15) is 14.9 Å². The normalized spacial score (nSPS) is 17.3. The number of pyridine rings is 1. The number of fused-ring (bicyclic) bond motifs is 2. The fraction of sp³-hybridized carbons (Fsp3) is 0.556. The van der Waals surface area contributed by atoms with Crippen LogP contribution in [0.4, 0.5) is 5.00 Å². The van der Waals surface area contributed by atoms with Crippen LogP contribution in [-0.2, 0) is 35.2 Å². The van der Waals surface area contributed by atoms with Gasteiger partial charge in [0.2, 0.25) is 5.91 Å². The number of thiophene rings is 1. The summed E-state index contributed by atoms with van der Waals surface area (Å²) in [5.41, 5.74) is 4.48. The Hall–Kier alpha value is -2.37. The molecule has 1 atom stereocenters. The molecule has 0 aliphatic heterocycles. The molecular formula is C27H33N3O3S2. The number of ether oxygens (including phenoxy) is 1. The maximum Gasteiger partial charge on any atom is 0.341 e. The van der Waals surface area contributed by atoms with E-state index in [1.165, 1.54) is 46.4 Å². The van der Waals surface area contributed by atoms with E-state index < -0.39 is 0 Å². The van der Waals surface area contributed by atoms with Gasteiger partial charge in [0.1, 0.15) is 16.1 Å². The standard InChI is InChI=1S/C27H33N3O3S2/c1-3-33-27(32)24-20-11-10-17(2)14-22(20)35-26(24)30-23(31)12-13-34-25-19(16-28)15-18-8-6-4-5-7-9-21(18)29-25/h15,17H,3-14H2,1-2H3,(H,30,31). The molecule has 0 bridgehead atoms. The third kappa shape index (κ3) is 6.25. The number of anilines is 1. The average Bonchev–Trinajstić information content (AvgIpc) is 3.16. The largest absolute Gasteiger partial charge is 0.462 e. The highest BCUT2D eigenvalue weighted by molar-refractivity contribution is 7.99. The van der Waals surface area contributed by atoms with Crippen LogP contribution in [0.1, 0.15) is 90.0 Å². The number of thioether (sulfide) groups is 1. The number of nitrogens with one attached hydrogen (secondary N) is 1. The van der Waals surface area contributed by atoms with E-state index in [0.29, 0.717) is 39.4 Å². The van der Waals surface area contributed by atoms with Crippen LogP contribution in [0.25, 0.3) is 0 Å². The van der Waals surface area contributed by atoms with Crippen LogP contribution < -0.4 is 5.32 Å². The molecule has 1 N–H and O–H groups in total. The molecule has 0 radical (unpaired) electrons. The number of aromatic nitrogens is 1. The van der Waals surface area contributed by atoms with Crippen molar-refractivity contribution >= 4 is 40.0 Å². The number of hydrogen-bond acceptors (Lipinski definition) is 7. The topological polar surface area (TPSA) is 92.1 Å². The summed E-state index contributed by atoms with van der Waals surface area (Å²) in [4.78, 5) is 31.5. The number of carbonyl (C=O) groups is 2. The fourth-order valence-corrected chi connectivity index (χ4v) is 7.18. The predicted molar refractivity (Wildman–Crippen MR) is 140 cm³/mol. The van der Waals surface area contributed by atoms with Gasteiger partial charge in [-0.3, -0.25) is 4.79 Å². The first-order valence-corrected chi connectivity index (χ1v) is 14.5. The molecule has 1 unspecified atom stereocenters. The second-order valence-corrected chi connectivity index (χ2v) is 11.6. The number of amides is 1. The van der Waals surface area contributed by atoms with E-state index in [4.69, 9.17) is 9.72 Å². The zero-order chi connectivity index (χ0) is 24.8. The third-order valence-electron chi connectivity index (χ3n) is 6.70. The molecule has 186 valence electrons. The zero-order valence-electron chi connectivity index (χ0n) is 20.6. The monoisotopic (exact) mass is 511 g/mol. The molecule has 2 aliphatic rings. The first-order chi connectivity index (χ1) is 17.0. The van der Waals surface area contributed by atoms with Crippen molar-refractivity contribution in [3.05, 3.63) is 38.9 Å². The molecule has 35 heavy (non-hydrogen) atoms. The lowest BCUT2D eigenvalue weighted by Crippen LogP contribution is -2.17. The summed E-state index contributed by atoms with van der Waals surface area (Å²) in [7, 11) is 0. The van der Waals surface area contributed by atoms with Crippen LogP contribution in [0.5, 0.6) is 0 Å². The van der Waals surface area contributed by atoms with E-state index in [1.807, 2.05) is 6.07 Å². The van der Waals surface area contributed by atoms with Gasteiger partial charge in [-0.2, -0.15) is 5.26 Å². The minimum Gasteiger partial charge on any atom is -0.462 e. The smallest absolute Gasteiger partial charge is 0.341 e. The summed E-state index contributed by atoms with van der Waals surface area (Å²) < 4.78 is 5.30. The predicted octanol–water partition coefficient (Wildman–Crippen LogP) is 6.10. The quantitative estimate of drug-likeness (QED) is 0.357. The first-order valence-electron chi connectivity index (χ1n) is 12.7. The van der Waals surface area contributed by atoms with Crippen molar-refractivity contribution in [1.82, 2.24) is 4.98 Å². The molecule has 2 aromatic heterocycles. The Morgan fingerprint density at radius 2 is 2.06 bits per heavy atom. The highest BCUT2D eigenvalue weighted by atomic mass is 32.2. The van der Waals surface area contributed by atoms with Crippen molar-refractivity contribution in [2.75, 3.05) is 17.7 Å². The summed E-state index contributed by atoms with van der Waals surface area (Å²) in [5.74, 6) is 0.596. The molecule has 1 amide bonds. The summed E-state index contributed by atoms with van der Waals surface area (Å²) in [5, 5.41) is 14.0. The van der Waals surface area contributed by atoms with Gasteiger partial charge in [0, 0.05) is 22.7 Å². The molecule has 6 nitrogen and oxygen atoms in total. The first kappa shape index (κ1) is 25.7. The molecule has 2 heterocycles. The van der Waals surface area contributed by atoms with Crippen LogP contribution in [0.15, 0.2) is 11.1 Å². The zero-order valence-corrected chi connectivity index (χ0v) is 22.2. The van der Waals surface area contributed by atoms with Crippen LogP contribution in [-0.4, -0.2) is 29.2 Å². The summed E-state index contributed by atoms with van der Waals surface area (Å²) in [6, 6.07) is 4.29. The van der Waals surface area contributed by atoms with E-state index in [1.54, 1.807) is 6.92 Å². The number of aryl methyl sites for hydroxylation is 2. The lowest BCUT2D eigenvalue weighted by molar-refractivity contribution is -0.115. The van der Waals surface area contributed by atoms with Crippen LogP contribution >= 0.6 is 23.1 Å². The third-order valence-corrected chi connectivity index (χ3v) is 8.86. The van der Waals surface area contributed by atoms with Crippen LogP contribution in [0, 0.1) is 17.2 Å². The minimum absolute atomic E-state index is 0.139. The molecule has 0 aromatic carbocycles. The van der Waals surface area contributed by atoms with Gasteiger partial charge in [-0.1, -0.05) is 19.8 Å². The van der Waals surface area contributed by atoms with Crippen molar-refractivity contribution in [3.63, 3.8) is 0 Å². The number of carbonyl (C=O) groups excluding carboxylic acids is 2. The highest BCUT2D eigenvalue weighted by Gasteiger charge is 2.29. The Labute approximate surface area is 215 Å². The van der Waals surface area contributed by atoms with E-state index in [0.717, 1.165) is 56.2 Å². The number of esters is 1. The van der Waals surface area contributed by atoms with Gasteiger partial charge in [-0.25, -0.2) is 9.78 Å². The van der Waals surface area contributed by atoms with Gasteiger partial charge in [-0.15, -0.1) is 23.1 Å². The fourth-order valence-electron chi connectivity index (χ4n) is 4.85. The Kier molecular flexibility index (Phi) is 8.85. The van der Waals surface area contributed by atoms with Crippen molar-refractivity contribution in [2.45, 2.75) is 83.1 Å². The number of nitrogens with zero attached hydrogens (tertiary/aromatic N) is 2. The van der Waals surface area contributed by atoms with Crippen molar-refractivity contribution in [1.29, 1.82) is 5.26 Å². The molecule has 2 aliphatic carbocycles. The van der Waals surface area contributed by atoms with E-state index in [2.05, 4.69) is 18.3 Å². The summed E-state index contributed by atoms with van der Waals surface area (Å²) >= 11 is 2.97. The van der Waals surface area contributed by atoms with Crippen molar-refractivity contribution in [3.8, 4) is 6.07 Å². The second kappa shape index (κ2) is 12.0. The lowest BCUT2D eigenvalue weighted by atomic mass is 9.88. The number of rotatable bonds is 7. The van der Waals surface area contributed by atoms with E-state index >= 15 is 0 Å². The molecule has 0 saturated carbocycles. The Balaban J connectivity index is 1.42. The minimum atomic E-state index is -0.354. The van der Waals surface area contributed by atoms with Crippen LogP contribution in [0.3, 0.4) is 0 Å². The molecular weight excluding hydrogens is 478 g/mol. The molecule has 0 spiro atoms. The van der Waals surface area contributed by atoms with Gasteiger partial charge in [0.25, 0.3) is 0 Å². The Bertz CT molecular complexity index is 1140. The lowest BCUT2D eigenvalue weighted by Gasteiger charge is -2.18. The Morgan fingerprint density at radius 3 is 2.83 bits per heavy atom. The molecule has 2 aromatic rings. The molecule has 4 rings (SSSR count). The van der Waals surface area contributed by atoms with Gasteiger partial charge < -0.3 is 10.1 Å². The second-order valence-electron chi connectivity index (χ2n) is 9.40. The number of nitriles is 1. The molecule has 0 fully saturated rings. The van der Waals surface area contributed by atoms with E-state index in [-0.39, 0.29) is 18.3 Å². The summed E-state index contributed by atoms with van der Waals surface area (Å²) in [6.45, 7) is 4.32. The molecule has 0 saturated heterocycles. The van der Waals surface area contributed by atoms with Gasteiger partial charge in [-0.05, 0) is 75.0 Å². The highest BCUT2D eigenvalue weighted by Crippen LogP contribution is 2.40. The van der Waals surface area contributed by atoms with Gasteiger partial charge in [0.15, 0.2) is 0 Å². The number of hydrogen-bond donors (Lipinski definition) is 1. The SMILES string of the molecule is CCOC(=O)c1c(NC(=O)CCSc2nc3c(cc2C#N)CCCCCC3)sc2c1CCC(C)C2. The average molecular weight is 512 g/mol. The Morgan fingerprint density at radius 1 is 1.26 bits per heavy atom.